The summed E-state index contributed by atoms with van der Waals surface area (Å²) in [5.41, 5.74) is 2.60. The van der Waals surface area contributed by atoms with Crippen LogP contribution in [0.2, 0.25) is 0 Å². The minimum atomic E-state index is 0.697. The smallest absolute Gasteiger partial charge is 0.205 e. The minimum Gasteiger partial charge on any atom is -0.357 e. The summed E-state index contributed by atoms with van der Waals surface area (Å²) in [4.78, 5) is 16.6. The van der Waals surface area contributed by atoms with Crippen LogP contribution in [0.3, 0.4) is 0 Å². The van der Waals surface area contributed by atoms with Gasteiger partial charge in [-0.2, -0.15) is 4.37 Å². The third-order valence-electron chi connectivity index (χ3n) is 5.35. The Bertz CT molecular complexity index is 811. The maximum absolute atomic E-state index is 4.94. The highest BCUT2D eigenvalue weighted by molar-refractivity contribution is 7.09. The van der Waals surface area contributed by atoms with Crippen molar-refractivity contribution in [2.24, 2.45) is 4.99 Å². The van der Waals surface area contributed by atoms with Crippen LogP contribution in [0.15, 0.2) is 29.3 Å². The van der Waals surface area contributed by atoms with Crippen molar-refractivity contribution in [2.45, 2.75) is 40.3 Å². The van der Waals surface area contributed by atoms with E-state index in [-0.39, 0.29) is 0 Å². The lowest BCUT2D eigenvalue weighted by Gasteiger charge is -2.36. The molecule has 0 radical (unpaired) electrons. The van der Waals surface area contributed by atoms with Crippen LogP contribution in [0.1, 0.15) is 37.7 Å². The monoisotopic (exact) mass is 429 g/mol. The van der Waals surface area contributed by atoms with E-state index in [9.17, 15) is 0 Å². The second-order valence-corrected chi connectivity index (χ2v) is 8.37. The van der Waals surface area contributed by atoms with Crippen LogP contribution >= 0.6 is 11.5 Å². The first kappa shape index (κ1) is 22.5. The molecule has 2 heterocycles. The highest BCUT2D eigenvalue weighted by Crippen LogP contribution is 2.19. The van der Waals surface area contributed by atoms with Gasteiger partial charge in [0.05, 0.1) is 6.54 Å². The van der Waals surface area contributed by atoms with Crippen molar-refractivity contribution in [3.05, 3.63) is 41.2 Å². The Morgan fingerprint density at radius 1 is 1.17 bits per heavy atom. The van der Waals surface area contributed by atoms with E-state index in [2.05, 4.69) is 81.5 Å². The maximum Gasteiger partial charge on any atom is 0.205 e. The Hall–Kier alpha value is -2.19. The molecule has 0 saturated carbocycles. The first-order chi connectivity index (χ1) is 14.6. The normalized spacial score (nSPS) is 15.2. The number of aromatic nitrogens is 2. The van der Waals surface area contributed by atoms with E-state index < -0.39 is 0 Å². The molecule has 8 heteroatoms. The largest absolute Gasteiger partial charge is 0.357 e. The lowest BCUT2D eigenvalue weighted by Crippen LogP contribution is -2.52. The quantitative estimate of drug-likeness (QED) is 0.514. The van der Waals surface area contributed by atoms with E-state index in [4.69, 9.17) is 4.99 Å². The van der Waals surface area contributed by atoms with Crippen molar-refractivity contribution in [3.63, 3.8) is 0 Å². The molecule has 0 bridgehead atoms. The molecule has 30 heavy (non-hydrogen) atoms. The van der Waals surface area contributed by atoms with Gasteiger partial charge in [-0.05, 0) is 31.6 Å². The van der Waals surface area contributed by atoms with Gasteiger partial charge in [0.25, 0.3) is 0 Å². The highest BCUT2D eigenvalue weighted by Gasteiger charge is 2.22. The second kappa shape index (κ2) is 11.3. The molecule has 1 aromatic heterocycles. The lowest BCUT2D eigenvalue weighted by molar-refractivity contribution is 0.345. The molecule has 1 aliphatic heterocycles. The Labute approximate surface area is 185 Å². The molecule has 1 fully saturated rings. The molecule has 1 aliphatic rings. The number of benzene rings is 1. The number of nitrogens with zero attached hydrogens (tertiary/aromatic N) is 6. The summed E-state index contributed by atoms with van der Waals surface area (Å²) in [5.74, 6) is 1.94. The van der Waals surface area contributed by atoms with Crippen LogP contribution in [0.25, 0.3) is 0 Å². The molecule has 1 saturated heterocycles. The summed E-state index contributed by atoms with van der Waals surface area (Å²) < 4.78 is 4.42. The fraction of sp³-hybridized carbons (Fsp3) is 0.591. The fourth-order valence-electron chi connectivity index (χ4n) is 3.47. The van der Waals surface area contributed by atoms with E-state index in [1.165, 1.54) is 22.7 Å². The van der Waals surface area contributed by atoms with Gasteiger partial charge in [-0.25, -0.2) is 9.98 Å². The Balaban J connectivity index is 1.60. The predicted octanol–water partition coefficient (Wildman–Crippen LogP) is 2.84. The number of aryl methyl sites for hydroxylation is 1. The summed E-state index contributed by atoms with van der Waals surface area (Å²) >= 11 is 1.51. The van der Waals surface area contributed by atoms with Crippen molar-refractivity contribution in [2.75, 3.05) is 51.2 Å². The molecule has 1 N–H and O–H groups in total. The molecule has 0 aliphatic carbocycles. The van der Waals surface area contributed by atoms with Crippen molar-refractivity contribution >= 4 is 22.6 Å². The summed E-state index contributed by atoms with van der Waals surface area (Å²) in [7, 11) is 2.15. The van der Waals surface area contributed by atoms with Gasteiger partial charge < -0.3 is 20.0 Å². The first-order valence-electron chi connectivity index (χ1n) is 11.0. The van der Waals surface area contributed by atoms with Crippen molar-refractivity contribution in [1.29, 1.82) is 0 Å². The lowest BCUT2D eigenvalue weighted by atomic mass is 10.1. The van der Waals surface area contributed by atoms with Crippen LogP contribution in [0.4, 0.5) is 5.13 Å². The number of hydrogen-bond donors (Lipinski definition) is 1. The van der Waals surface area contributed by atoms with Gasteiger partial charge in [0.2, 0.25) is 5.13 Å². The zero-order valence-corrected chi connectivity index (χ0v) is 19.6. The summed E-state index contributed by atoms with van der Waals surface area (Å²) in [5, 5.41) is 4.51. The zero-order valence-electron chi connectivity index (χ0n) is 18.8. The third-order valence-corrected chi connectivity index (χ3v) is 6.17. The SMILES string of the molecule is CCNC(=NCc1cccc(CN(C)CC)c1)N1CCN(c2nc(CC)ns2)CC1. The van der Waals surface area contributed by atoms with E-state index >= 15 is 0 Å². The van der Waals surface area contributed by atoms with E-state index in [1.807, 2.05) is 0 Å². The molecule has 0 amide bonds. The maximum atomic E-state index is 4.94. The molecular formula is C22H35N7S. The number of aliphatic imine (C=N–C) groups is 1. The molecule has 0 unspecified atom stereocenters. The Morgan fingerprint density at radius 3 is 2.60 bits per heavy atom. The van der Waals surface area contributed by atoms with Crippen molar-refractivity contribution in [3.8, 4) is 0 Å². The number of rotatable bonds is 8. The number of guanidine groups is 1. The molecule has 7 nitrogen and oxygen atoms in total. The Kier molecular flexibility index (Phi) is 8.45. The fourth-order valence-corrected chi connectivity index (χ4v) is 4.27. The van der Waals surface area contributed by atoms with Crippen LogP contribution in [-0.2, 0) is 19.5 Å². The summed E-state index contributed by atoms with van der Waals surface area (Å²) in [6.45, 7) is 13.8. The van der Waals surface area contributed by atoms with E-state index in [0.29, 0.717) is 6.54 Å². The third kappa shape index (κ3) is 6.15. The van der Waals surface area contributed by atoms with Crippen molar-refractivity contribution in [1.82, 2.24) is 24.5 Å². The molecule has 3 rings (SSSR count). The van der Waals surface area contributed by atoms with E-state index in [0.717, 1.165) is 69.1 Å². The zero-order chi connectivity index (χ0) is 21.3. The van der Waals surface area contributed by atoms with Crippen LogP contribution in [0, 0.1) is 0 Å². The summed E-state index contributed by atoms with van der Waals surface area (Å²) in [6.07, 6.45) is 0.892. The van der Waals surface area contributed by atoms with E-state index in [1.54, 1.807) is 0 Å². The number of nitrogens with one attached hydrogen (secondary N) is 1. The molecule has 0 spiro atoms. The van der Waals surface area contributed by atoms with Crippen LogP contribution in [-0.4, -0.2) is 71.4 Å². The molecule has 164 valence electrons. The van der Waals surface area contributed by atoms with Gasteiger partial charge in [0.1, 0.15) is 5.82 Å². The number of piperazine rings is 1. The van der Waals surface area contributed by atoms with Gasteiger partial charge in [-0.15, -0.1) is 0 Å². The minimum absolute atomic E-state index is 0.697. The number of anilines is 1. The summed E-state index contributed by atoms with van der Waals surface area (Å²) in [6, 6.07) is 8.78. The molecule has 2 aromatic rings. The average molecular weight is 430 g/mol. The highest BCUT2D eigenvalue weighted by atomic mass is 32.1. The average Bonchev–Trinajstić information content (AvgIpc) is 3.26. The first-order valence-corrected chi connectivity index (χ1v) is 11.8. The van der Waals surface area contributed by atoms with Crippen LogP contribution < -0.4 is 10.2 Å². The van der Waals surface area contributed by atoms with Gasteiger partial charge in [0, 0.05) is 57.2 Å². The van der Waals surface area contributed by atoms with Gasteiger partial charge in [-0.3, -0.25) is 0 Å². The molecule has 0 atom stereocenters. The Morgan fingerprint density at radius 2 is 1.93 bits per heavy atom. The topological polar surface area (TPSA) is 59.9 Å². The molecule has 1 aromatic carbocycles. The van der Waals surface area contributed by atoms with Gasteiger partial charge in [0.15, 0.2) is 5.96 Å². The predicted molar refractivity (Wildman–Crippen MR) is 126 cm³/mol. The molecular weight excluding hydrogens is 394 g/mol. The van der Waals surface area contributed by atoms with Crippen LogP contribution in [0.5, 0.6) is 0 Å². The second-order valence-electron chi connectivity index (χ2n) is 7.64. The van der Waals surface area contributed by atoms with Gasteiger partial charge in [-0.1, -0.05) is 38.1 Å². The standard InChI is InChI=1S/C22H35N7S/c1-5-20-25-22(30-26-20)29-13-11-28(12-14-29)21(23-6-2)24-16-18-9-8-10-19(15-18)17-27(4)7-3/h8-10,15H,5-7,11-14,16-17H2,1-4H3,(H,23,24). The number of hydrogen-bond acceptors (Lipinski definition) is 6. The van der Waals surface area contributed by atoms with Gasteiger partial charge >= 0.3 is 0 Å². The van der Waals surface area contributed by atoms with Crippen molar-refractivity contribution < 1.29 is 0 Å².